The van der Waals surface area contributed by atoms with Crippen molar-refractivity contribution in [2.24, 2.45) is 0 Å². The summed E-state index contributed by atoms with van der Waals surface area (Å²) in [6.45, 7) is 1.85. The number of benzene rings is 2. The third-order valence-corrected chi connectivity index (χ3v) is 3.12. The van der Waals surface area contributed by atoms with E-state index < -0.39 is 5.82 Å². The van der Waals surface area contributed by atoms with Crippen LogP contribution in [0.1, 0.15) is 15.9 Å². The molecule has 3 nitrogen and oxygen atoms in total. The van der Waals surface area contributed by atoms with E-state index in [1.165, 1.54) is 18.2 Å². The molecule has 104 valence electrons. The molecule has 0 atom stereocenters. The Morgan fingerprint density at radius 1 is 1.25 bits per heavy atom. The number of halogens is 2. The quantitative estimate of drug-likeness (QED) is 0.927. The Bertz CT molecular complexity index is 658. The Morgan fingerprint density at radius 2 is 2.00 bits per heavy atom. The lowest BCUT2D eigenvalue weighted by atomic mass is 10.1. The number of ether oxygens (including phenoxy) is 1. The Balaban J connectivity index is 2.19. The number of rotatable bonds is 3. The van der Waals surface area contributed by atoms with Gasteiger partial charge >= 0.3 is 0 Å². The van der Waals surface area contributed by atoms with Crippen molar-refractivity contribution in [1.82, 2.24) is 0 Å². The van der Waals surface area contributed by atoms with E-state index in [-0.39, 0.29) is 10.9 Å². The number of carbonyl (C=O) groups excluding carboxylic acids is 1. The van der Waals surface area contributed by atoms with E-state index in [1.807, 2.05) is 6.92 Å². The predicted molar refractivity (Wildman–Crippen MR) is 77.1 cm³/mol. The molecule has 2 rings (SSSR count). The van der Waals surface area contributed by atoms with Gasteiger partial charge in [-0.3, -0.25) is 4.79 Å². The monoisotopic (exact) mass is 293 g/mol. The number of amides is 1. The smallest absolute Gasteiger partial charge is 0.255 e. The summed E-state index contributed by atoms with van der Waals surface area (Å²) in [4.78, 5) is 12.1. The zero-order chi connectivity index (χ0) is 14.7. The standard InChI is InChI=1S/C15H13ClFNO2/c1-9-7-10(3-6-14(9)20-2)15(19)18-11-4-5-13(17)12(16)8-11/h3-8H,1-2H3,(H,18,19). The van der Waals surface area contributed by atoms with Crippen molar-refractivity contribution in [3.05, 3.63) is 58.4 Å². The number of hydrogen-bond donors (Lipinski definition) is 1. The molecular weight excluding hydrogens is 281 g/mol. The molecule has 0 aliphatic rings. The van der Waals surface area contributed by atoms with Crippen LogP contribution in [-0.2, 0) is 0 Å². The first-order valence-electron chi connectivity index (χ1n) is 5.92. The van der Waals surface area contributed by atoms with Gasteiger partial charge in [0.2, 0.25) is 0 Å². The minimum atomic E-state index is -0.523. The van der Waals surface area contributed by atoms with Crippen LogP contribution < -0.4 is 10.1 Å². The maximum atomic E-state index is 13.0. The van der Waals surface area contributed by atoms with E-state index in [2.05, 4.69) is 5.32 Å². The number of nitrogens with one attached hydrogen (secondary N) is 1. The van der Waals surface area contributed by atoms with E-state index in [1.54, 1.807) is 25.3 Å². The average molecular weight is 294 g/mol. The molecular formula is C15H13ClFNO2. The number of anilines is 1. The molecule has 5 heteroatoms. The van der Waals surface area contributed by atoms with E-state index in [0.717, 1.165) is 5.56 Å². The fourth-order valence-electron chi connectivity index (χ4n) is 1.80. The molecule has 1 amide bonds. The topological polar surface area (TPSA) is 38.3 Å². The van der Waals surface area contributed by atoms with Crippen molar-refractivity contribution in [2.45, 2.75) is 6.92 Å². The lowest BCUT2D eigenvalue weighted by Gasteiger charge is -2.09. The van der Waals surface area contributed by atoms with Crippen molar-refractivity contribution in [2.75, 3.05) is 12.4 Å². The van der Waals surface area contributed by atoms with Crippen molar-refractivity contribution in [3.63, 3.8) is 0 Å². The molecule has 0 bridgehead atoms. The maximum Gasteiger partial charge on any atom is 0.255 e. The number of aryl methyl sites for hydroxylation is 1. The highest BCUT2D eigenvalue weighted by molar-refractivity contribution is 6.31. The van der Waals surface area contributed by atoms with Crippen molar-refractivity contribution in [1.29, 1.82) is 0 Å². The minimum absolute atomic E-state index is 0.0336. The fourth-order valence-corrected chi connectivity index (χ4v) is 1.98. The summed E-state index contributed by atoms with van der Waals surface area (Å²) in [6.07, 6.45) is 0. The first kappa shape index (κ1) is 14.3. The molecule has 0 unspecified atom stereocenters. The Kier molecular flexibility index (Phi) is 4.25. The number of carbonyl (C=O) groups is 1. The number of hydrogen-bond acceptors (Lipinski definition) is 2. The first-order valence-corrected chi connectivity index (χ1v) is 6.30. The summed E-state index contributed by atoms with van der Waals surface area (Å²) < 4.78 is 18.2. The molecule has 2 aromatic rings. The highest BCUT2D eigenvalue weighted by atomic mass is 35.5. The van der Waals surface area contributed by atoms with Crippen LogP contribution in [0.25, 0.3) is 0 Å². The van der Waals surface area contributed by atoms with E-state index in [9.17, 15) is 9.18 Å². The van der Waals surface area contributed by atoms with E-state index in [0.29, 0.717) is 17.0 Å². The summed E-state index contributed by atoms with van der Waals surface area (Å²) in [5, 5.41) is 2.63. The maximum absolute atomic E-state index is 13.0. The van der Waals surface area contributed by atoms with Gasteiger partial charge in [0.1, 0.15) is 11.6 Å². The third kappa shape index (κ3) is 3.08. The van der Waals surface area contributed by atoms with Crippen molar-refractivity contribution >= 4 is 23.2 Å². The van der Waals surface area contributed by atoms with Crippen molar-refractivity contribution in [3.8, 4) is 5.75 Å². The molecule has 0 aliphatic heterocycles. The molecule has 0 aromatic heterocycles. The second-order valence-corrected chi connectivity index (χ2v) is 4.67. The van der Waals surface area contributed by atoms with Crippen LogP contribution in [0.4, 0.5) is 10.1 Å². The van der Waals surface area contributed by atoms with Gasteiger partial charge in [0.25, 0.3) is 5.91 Å². The zero-order valence-electron chi connectivity index (χ0n) is 11.0. The summed E-state index contributed by atoms with van der Waals surface area (Å²) in [5.41, 5.74) is 1.79. The van der Waals surface area contributed by atoms with Gasteiger partial charge in [0.05, 0.1) is 12.1 Å². The van der Waals surface area contributed by atoms with Gasteiger partial charge in [-0.2, -0.15) is 0 Å². The molecule has 0 heterocycles. The molecule has 0 aliphatic carbocycles. The van der Waals surface area contributed by atoms with Gasteiger partial charge in [-0.1, -0.05) is 11.6 Å². The van der Waals surface area contributed by atoms with Gasteiger partial charge in [-0.05, 0) is 48.9 Å². The normalized spacial score (nSPS) is 10.2. The second-order valence-electron chi connectivity index (χ2n) is 4.27. The molecule has 0 spiro atoms. The van der Waals surface area contributed by atoms with E-state index >= 15 is 0 Å². The second kappa shape index (κ2) is 5.92. The van der Waals surface area contributed by atoms with Gasteiger partial charge in [0.15, 0.2) is 0 Å². The van der Waals surface area contributed by atoms with Crippen LogP contribution in [0.15, 0.2) is 36.4 Å². The van der Waals surface area contributed by atoms with Crippen molar-refractivity contribution < 1.29 is 13.9 Å². The first-order chi connectivity index (χ1) is 9.51. The third-order valence-electron chi connectivity index (χ3n) is 2.83. The minimum Gasteiger partial charge on any atom is -0.496 e. The Hall–Kier alpha value is -2.07. The lowest BCUT2D eigenvalue weighted by molar-refractivity contribution is 0.102. The SMILES string of the molecule is COc1ccc(C(=O)Nc2ccc(F)c(Cl)c2)cc1C. The molecule has 20 heavy (non-hydrogen) atoms. The molecule has 1 N–H and O–H groups in total. The van der Waals surface area contributed by atoms with Crippen LogP contribution >= 0.6 is 11.6 Å². The van der Waals surface area contributed by atoms with Gasteiger partial charge in [-0.15, -0.1) is 0 Å². The van der Waals surface area contributed by atoms with Gasteiger partial charge < -0.3 is 10.1 Å². The van der Waals surface area contributed by atoms with Crippen LogP contribution in [0.2, 0.25) is 5.02 Å². The molecule has 0 radical (unpaired) electrons. The predicted octanol–water partition coefficient (Wildman–Crippen LogP) is 4.05. The Labute approximate surface area is 121 Å². The fraction of sp³-hybridized carbons (Fsp3) is 0.133. The summed E-state index contributed by atoms with van der Waals surface area (Å²) >= 11 is 5.67. The van der Waals surface area contributed by atoms with Crippen LogP contribution in [0.3, 0.4) is 0 Å². The van der Waals surface area contributed by atoms with Crippen LogP contribution in [0.5, 0.6) is 5.75 Å². The lowest BCUT2D eigenvalue weighted by Crippen LogP contribution is -2.12. The average Bonchev–Trinajstić information content (AvgIpc) is 2.42. The van der Waals surface area contributed by atoms with Gasteiger partial charge in [0, 0.05) is 11.3 Å². The molecule has 0 saturated heterocycles. The summed E-state index contributed by atoms with van der Waals surface area (Å²) in [7, 11) is 1.57. The largest absolute Gasteiger partial charge is 0.496 e. The van der Waals surface area contributed by atoms with Crippen LogP contribution in [-0.4, -0.2) is 13.0 Å². The zero-order valence-corrected chi connectivity index (χ0v) is 11.8. The summed E-state index contributed by atoms with van der Waals surface area (Å²) in [5.74, 6) is -0.102. The summed E-state index contributed by atoms with van der Waals surface area (Å²) in [6, 6.07) is 9.13. The van der Waals surface area contributed by atoms with Gasteiger partial charge in [-0.25, -0.2) is 4.39 Å². The number of methoxy groups -OCH3 is 1. The molecule has 0 saturated carbocycles. The highest BCUT2D eigenvalue weighted by Gasteiger charge is 2.09. The molecule has 0 fully saturated rings. The molecule has 2 aromatic carbocycles. The highest BCUT2D eigenvalue weighted by Crippen LogP contribution is 2.22. The van der Waals surface area contributed by atoms with Crippen LogP contribution in [0, 0.1) is 12.7 Å². The Morgan fingerprint density at radius 3 is 2.60 bits per heavy atom. The van der Waals surface area contributed by atoms with E-state index in [4.69, 9.17) is 16.3 Å².